The van der Waals surface area contributed by atoms with Crippen LogP contribution in [0.5, 0.6) is 0 Å². The van der Waals surface area contributed by atoms with E-state index in [1.807, 2.05) is 6.92 Å². The number of anilines is 1. The fourth-order valence-electron chi connectivity index (χ4n) is 3.31. The maximum absolute atomic E-state index is 14.3. The van der Waals surface area contributed by atoms with E-state index in [4.69, 9.17) is 11.6 Å². The van der Waals surface area contributed by atoms with Crippen LogP contribution in [0.25, 0.3) is 22.4 Å². The molecule has 1 saturated heterocycles. The zero-order chi connectivity index (χ0) is 19.0. The first-order chi connectivity index (χ1) is 13.1. The molecule has 0 unspecified atom stereocenters. The Hall–Kier alpha value is -2.74. The zero-order valence-corrected chi connectivity index (χ0v) is 15.4. The number of hydrogen-bond acceptors (Lipinski definition) is 5. The third-order valence-corrected chi connectivity index (χ3v) is 4.91. The van der Waals surface area contributed by atoms with Gasteiger partial charge in [-0.15, -0.1) is 0 Å². The molecule has 140 valence electrons. The van der Waals surface area contributed by atoms with E-state index < -0.39 is 11.9 Å². The molecule has 4 rings (SSSR count). The molecule has 1 atom stereocenters. The summed E-state index contributed by atoms with van der Waals surface area (Å²) in [6.45, 7) is 3.30. The van der Waals surface area contributed by atoms with Crippen molar-refractivity contribution in [3.05, 3.63) is 35.5 Å². The third-order valence-electron chi connectivity index (χ3n) is 4.71. The van der Waals surface area contributed by atoms with Crippen molar-refractivity contribution in [1.82, 2.24) is 24.8 Å². The van der Waals surface area contributed by atoms with E-state index in [2.05, 4.69) is 25.3 Å². The Bertz CT molecular complexity index is 1010. The van der Waals surface area contributed by atoms with Gasteiger partial charge in [-0.3, -0.25) is 4.79 Å². The van der Waals surface area contributed by atoms with Crippen LogP contribution in [0.3, 0.4) is 0 Å². The van der Waals surface area contributed by atoms with E-state index >= 15 is 0 Å². The second-order valence-electron chi connectivity index (χ2n) is 6.40. The van der Waals surface area contributed by atoms with Gasteiger partial charge in [0, 0.05) is 36.4 Å². The largest absolute Gasteiger partial charge is 0.356 e. The summed E-state index contributed by atoms with van der Waals surface area (Å²) in [4.78, 5) is 29.9. The number of fused-ring (bicyclic) bond motifs is 1. The van der Waals surface area contributed by atoms with Crippen LogP contribution in [0.4, 0.5) is 10.2 Å². The van der Waals surface area contributed by atoms with Crippen LogP contribution in [0.15, 0.2) is 24.7 Å². The van der Waals surface area contributed by atoms with Crippen molar-refractivity contribution >= 4 is 34.4 Å². The van der Waals surface area contributed by atoms with Gasteiger partial charge < -0.3 is 15.2 Å². The molecule has 0 aliphatic carbocycles. The number of amides is 1. The highest BCUT2D eigenvalue weighted by molar-refractivity contribution is 6.31. The molecule has 1 aliphatic heterocycles. The van der Waals surface area contributed by atoms with Crippen LogP contribution in [-0.2, 0) is 4.79 Å². The fraction of sp³-hybridized carbons (Fsp3) is 0.333. The summed E-state index contributed by atoms with van der Waals surface area (Å²) in [6.07, 6.45) is 5.85. The number of halogens is 2. The summed E-state index contributed by atoms with van der Waals surface area (Å²) in [7, 11) is 0. The Balaban J connectivity index is 1.67. The van der Waals surface area contributed by atoms with E-state index in [1.165, 1.54) is 6.20 Å². The average molecular weight is 389 g/mol. The maximum Gasteiger partial charge on any atom is 0.245 e. The van der Waals surface area contributed by atoms with Crippen LogP contribution in [0.2, 0.25) is 5.02 Å². The number of aromatic amines is 1. The van der Waals surface area contributed by atoms with Gasteiger partial charge in [-0.05, 0) is 25.8 Å². The number of likely N-dealkylation sites (tertiary alicyclic amines) is 1. The molecule has 3 aromatic heterocycles. The molecule has 1 fully saturated rings. The SMILES string of the molecule is CCN1CCC[C@H](Nc2nc(-c3c[nH]c4ncc(Cl)cc34)ncc2F)C1=O. The first-order valence-electron chi connectivity index (χ1n) is 8.77. The number of aromatic nitrogens is 4. The second-order valence-corrected chi connectivity index (χ2v) is 6.84. The van der Waals surface area contributed by atoms with Crippen LogP contribution < -0.4 is 5.32 Å². The Morgan fingerprint density at radius 1 is 1.41 bits per heavy atom. The highest BCUT2D eigenvalue weighted by atomic mass is 35.5. The summed E-state index contributed by atoms with van der Waals surface area (Å²) >= 11 is 6.03. The minimum absolute atomic E-state index is 0.0145. The van der Waals surface area contributed by atoms with Gasteiger partial charge in [-0.2, -0.15) is 0 Å². The van der Waals surface area contributed by atoms with E-state index in [0.717, 1.165) is 24.5 Å². The number of carbonyl (C=O) groups is 1. The van der Waals surface area contributed by atoms with Crippen molar-refractivity contribution in [2.24, 2.45) is 0 Å². The lowest BCUT2D eigenvalue weighted by molar-refractivity contribution is -0.134. The number of nitrogens with one attached hydrogen (secondary N) is 2. The molecule has 3 aromatic rings. The molecule has 1 amide bonds. The molecule has 9 heteroatoms. The second kappa shape index (κ2) is 7.11. The first kappa shape index (κ1) is 17.7. The molecule has 0 saturated carbocycles. The number of carbonyl (C=O) groups excluding carboxylic acids is 1. The highest BCUT2D eigenvalue weighted by Crippen LogP contribution is 2.28. The van der Waals surface area contributed by atoms with E-state index in [-0.39, 0.29) is 11.7 Å². The van der Waals surface area contributed by atoms with Crippen LogP contribution in [0, 0.1) is 5.82 Å². The number of hydrogen-bond donors (Lipinski definition) is 2. The van der Waals surface area contributed by atoms with Gasteiger partial charge in [0.15, 0.2) is 17.5 Å². The van der Waals surface area contributed by atoms with Crippen LogP contribution in [-0.4, -0.2) is 49.9 Å². The Kier molecular flexibility index (Phi) is 4.65. The predicted molar refractivity (Wildman–Crippen MR) is 101 cm³/mol. The highest BCUT2D eigenvalue weighted by Gasteiger charge is 2.28. The standard InChI is InChI=1S/C18H18ClFN6O/c1-2-26-5-3-4-14(18(26)27)24-17-13(20)9-23-16(25-17)12-8-22-15-11(12)6-10(19)7-21-15/h6-9,14H,2-5H2,1H3,(H,21,22)(H,23,24,25)/t14-/m0/s1. The normalized spacial score (nSPS) is 17.5. The Labute approximate surface area is 160 Å². The maximum atomic E-state index is 14.3. The summed E-state index contributed by atoms with van der Waals surface area (Å²) in [5.41, 5.74) is 1.30. The van der Waals surface area contributed by atoms with Crippen LogP contribution in [0.1, 0.15) is 19.8 Å². The third kappa shape index (κ3) is 3.32. The van der Waals surface area contributed by atoms with Crippen molar-refractivity contribution in [2.45, 2.75) is 25.8 Å². The average Bonchev–Trinajstić information content (AvgIpc) is 3.08. The molecule has 1 aliphatic rings. The van der Waals surface area contributed by atoms with Crippen molar-refractivity contribution in [1.29, 1.82) is 0 Å². The molecule has 0 bridgehead atoms. The minimum atomic E-state index is -0.601. The Morgan fingerprint density at radius 2 is 2.26 bits per heavy atom. The summed E-state index contributed by atoms with van der Waals surface area (Å²) in [5, 5.41) is 4.18. The van der Waals surface area contributed by atoms with Gasteiger partial charge >= 0.3 is 0 Å². The Morgan fingerprint density at radius 3 is 3.07 bits per heavy atom. The molecule has 7 nitrogen and oxygen atoms in total. The topological polar surface area (TPSA) is 86.8 Å². The van der Waals surface area contributed by atoms with Gasteiger partial charge in [-0.25, -0.2) is 19.3 Å². The van der Waals surface area contributed by atoms with Gasteiger partial charge in [0.1, 0.15) is 11.7 Å². The first-order valence-corrected chi connectivity index (χ1v) is 9.15. The van der Waals surface area contributed by atoms with Gasteiger partial charge in [0.2, 0.25) is 5.91 Å². The van der Waals surface area contributed by atoms with E-state index in [9.17, 15) is 9.18 Å². The number of pyridine rings is 1. The molecule has 0 aromatic carbocycles. The molecule has 2 N–H and O–H groups in total. The number of H-pyrrole nitrogens is 1. The summed E-state index contributed by atoms with van der Waals surface area (Å²) in [6, 6.07) is 1.26. The quantitative estimate of drug-likeness (QED) is 0.716. The summed E-state index contributed by atoms with van der Waals surface area (Å²) < 4.78 is 14.3. The van der Waals surface area contributed by atoms with Crippen molar-refractivity contribution < 1.29 is 9.18 Å². The number of piperidine rings is 1. The lowest BCUT2D eigenvalue weighted by atomic mass is 10.0. The molecule has 27 heavy (non-hydrogen) atoms. The van der Waals surface area contributed by atoms with Gasteiger partial charge in [-0.1, -0.05) is 11.6 Å². The minimum Gasteiger partial charge on any atom is -0.356 e. The molecule has 4 heterocycles. The van der Waals surface area contributed by atoms with Crippen molar-refractivity contribution in [2.75, 3.05) is 18.4 Å². The molecule has 0 radical (unpaired) electrons. The molecule has 0 spiro atoms. The fourth-order valence-corrected chi connectivity index (χ4v) is 3.47. The number of nitrogens with zero attached hydrogens (tertiary/aromatic N) is 4. The number of likely N-dealkylation sites (N-methyl/N-ethyl adjacent to an activating group) is 1. The number of rotatable bonds is 4. The molecular formula is C18H18ClFN6O. The van der Waals surface area contributed by atoms with Crippen LogP contribution >= 0.6 is 11.6 Å². The van der Waals surface area contributed by atoms with E-state index in [1.54, 1.807) is 17.2 Å². The summed E-state index contributed by atoms with van der Waals surface area (Å²) in [5.74, 6) is -0.298. The smallest absolute Gasteiger partial charge is 0.245 e. The van der Waals surface area contributed by atoms with Gasteiger partial charge in [0.25, 0.3) is 0 Å². The zero-order valence-electron chi connectivity index (χ0n) is 14.7. The van der Waals surface area contributed by atoms with Gasteiger partial charge in [0.05, 0.1) is 11.2 Å². The van der Waals surface area contributed by atoms with Crippen molar-refractivity contribution in [3.8, 4) is 11.4 Å². The molecular weight excluding hydrogens is 371 g/mol. The lowest BCUT2D eigenvalue weighted by Gasteiger charge is -2.32. The monoisotopic (exact) mass is 388 g/mol. The van der Waals surface area contributed by atoms with E-state index in [0.29, 0.717) is 35.0 Å². The van der Waals surface area contributed by atoms with Crippen molar-refractivity contribution in [3.63, 3.8) is 0 Å². The predicted octanol–water partition coefficient (Wildman–Crippen LogP) is 3.24. The lowest BCUT2D eigenvalue weighted by Crippen LogP contribution is -2.47.